The van der Waals surface area contributed by atoms with Gasteiger partial charge in [-0.3, -0.25) is 0 Å². The first-order valence-electron chi connectivity index (χ1n) is 24.7. The number of hydrogen-bond acceptors (Lipinski definition) is 4. The minimum Gasteiger partial charge on any atom is -0.456 e. The average molecular weight is 709 g/mol. The summed E-state index contributed by atoms with van der Waals surface area (Å²) in [7, 11) is 0. The van der Waals surface area contributed by atoms with Crippen LogP contribution < -0.4 is 0 Å². The molecule has 54 heavy (non-hydrogen) atoms. The summed E-state index contributed by atoms with van der Waals surface area (Å²) in [5, 5.41) is 1.48. The van der Waals surface area contributed by atoms with Gasteiger partial charge in [0.05, 0.1) is 33.0 Å². The van der Waals surface area contributed by atoms with Crippen LogP contribution in [-0.4, -0.2) is 19.5 Å². The number of allylic oxidation sites excluding steroid dienone is 2. The van der Waals surface area contributed by atoms with E-state index in [1.807, 2.05) is 60.7 Å². The van der Waals surface area contributed by atoms with Crippen LogP contribution in [0.4, 0.5) is 0 Å². The number of fused-ring (bicyclic) bond motifs is 6. The van der Waals surface area contributed by atoms with Crippen molar-refractivity contribution in [3.63, 3.8) is 0 Å². The van der Waals surface area contributed by atoms with Crippen LogP contribution in [0.15, 0.2) is 187 Å². The van der Waals surface area contributed by atoms with E-state index < -0.39 is 130 Å². The lowest BCUT2D eigenvalue weighted by Crippen LogP contribution is -2.00. The molecular formula is C49H32N4O. The fraction of sp³-hybridized carbons (Fsp3) is 0. The van der Waals surface area contributed by atoms with Crippen molar-refractivity contribution in [2.24, 2.45) is 0 Å². The third-order valence-electron chi connectivity index (χ3n) is 8.91. The van der Waals surface area contributed by atoms with E-state index in [9.17, 15) is 5.48 Å². The second-order valence-corrected chi connectivity index (χ2v) is 12.1. The summed E-state index contributed by atoms with van der Waals surface area (Å²) in [6.07, 6.45) is 5.53. The van der Waals surface area contributed by atoms with Crippen molar-refractivity contribution in [2.75, 3.05) is 0 Å². The molecule has 7 aromatic carbocycles. The Morgan fingerprint density at radius 3 is 2.07 bits per heavy atom. The summed E-state index contributed by atoms with van der Waals surface area (Å²) in [4.78, 5) is 13.2. The molecule has 0 radical (unpaired) electrons. The van der Waals surface area contributed by atoms with Crippen molar-refractivity contribution < 1.29 is 26.3 Å². The maximum Gasteiger partial charge on any atom is 0.164 e. The summed E-state index contributed by atoms with van der Waals surface area (Å²) in [6.45, 7) is 3.81. The quantitative estimate of drug-likeness (QED) is 0.155. The van der Waals surface area contributed by atoms with Gasteiger partial charge in [0.25, 0.3) is 0 Å². The number of furan rings is 1. The first-order valence-corrected chi connectivity index (χ1v) is 16.7. The summed E-state index contributed by atoms with van der Waals surface area (Å²) < 4.78 is 149. The van der Waals surface area contributed by atoms with E-state index in [0.717, 1.165) is 27.4 Å². The van der Waals surface area contributed by atoms with Gasteiger partial charge in [0.1, 0.15) is 11.2 Å². The summed E-state index contributed by atoms with van der Waals surface area (Å²) in [5.74, 6) is -1.89. The number of benzene rings is 7. The molecule has 254 valence electrons. The second-order valence-electron chi connectivity index (χ2n) is 12.1. The van der Waals surface area contributed by atoms with Gasteiger partial charge in [-0.25, -0.2) is 15.0 Å². The predicted molar refractivity (Wildman–Crippen MR) is 222 cm³/mol. The molecular weight excluding hydrogens is 661 g/mol. The van der Waals surface area contributed by atoms with Gasteiger partial charge in [0.15, 0.2) is 17.5 Å². The van der Waals surface area contributed by atoms with Gasteiger partial charge < -0.3 is 8.98 Å². The van der Waals surface area contributed by atoms with Crippen molar-refractivity contribution in [3.8, 4) is 51.0 Å². The lowest BCUT2D eigenvalue weighted by molar-refractivity contribution is 0.669. The van der Waals surface area contributed by atoms with Crippen LogP contribution in [0.2, 0.25) is 0 Å². The first kappa shape index (κ1) is 18.9. The lowest BCUT2D eigenvalue weighted by Gasteiger charge is -2.11. The molecule has 0 amide bonds. The van der Waals surface area contributed by atoms with Gasteiger partial charge >= 0.3 is 0 Å². The van der Waals surface area contributed by atoms with Gasteiger partial charge in [0.2, 0.25) is 0 Å². The van der Waals surface area contributed by atoms with E-state index in [4.69, 9.17) is 20.9 Å². The van der Waals surface area contributed by atoms with E-state index in [1.54, 1.807) is 24.3 Å². The second kappa shape index (κ2) is 13.0. The van der Waals surface area contributed by atoms with Crippen LogP contribution in [0.25, 0.3) is 101 Å². The first-order chi connectivity index (χ1) is 33.4. The van der Waals surface area contributed by atoms with E-state index in [-0.39, 0.29) is 28.0 Å². The average Bonchev–Trinajstić information content (AvgIpc) is 3.92. The number of para-hydroxylation sites is 1. The zero-order valence-corrected chi connectivity index (χ0v) is 28.0. The van der Waals surface area contributed by atoms with Crippen molar-refractivity contribution >= 4 is 49.8 Å². The Kier molecular flexibility index (Phi) is 4.55. The normalized spacial score (nSPS) is 15.9. The van der Waals surface area contributed by atoms with Gasteiger partial charge in [-0.05, 0) is 59.1 Å². The van der Waals surface area contributed by atoms with Crippen LogP contribution in [0.5, 0.6) is 0 Å². The molecule has 0 saturated carbocycles. The third kappa shape index (κ3) is 5.30. The van der Waals surface area contributed by atoms with Crippen LogP contribution in [0.1, 0.15) is 27.5 Å². The maximum atomic E-state index is 9.60. The fourth-order valence-electron chi connectivity index (χ4n) is 6.63. The Balaban J connectivity index is 1.26. The van der Waals surface area contributed by atoms with E-state index in [0.29, 0.717) is 11.3 Å². The highest BCUT2D eigenvalue weighted by molar-refractivity contribution is 6.14. The van der Waals surface area contributed by atoms with E-state index in [1.165, 1.54) is 0 Å². The zero-order valence-electron chi connectivity index (χ0n) is 44.0. The number of rotatable bonds is 7. The predicted octanol–water partition coefficient (Wildman–Crippen LogP) is 12.7. The molecule has 10 aromatic rings. The molecule has 0 aliphatic heterocycles. The van der Waals surface area contributed by atoms with Crippen molar-refractivity contribution in [2.45, 2.75) is 0 Å². The highest BCUT2D eigenvalue weighted by Gasteiger charge is 2.19. The molecule has 5 heteroatoms. The summed E-state index contributed by atoms with van der Waals surface area (Å²) in [5.41, 5.74) is 1.48. The van der Waals surface area contributed by atoms with Crippen molar-refractivity contribution in [1.82, 2.24) is 19.5 Å². The molecule has 0 atom stereocenters. The van der Waals surface area contributed by atoms with Crippen LogP contribution in [0, 0.1) is 0 Å². The molecule has 5 nitrogen and oxygen atoms in total. The monoisotopic (exact) mass is 708 g/mol. The topological polar surface area (TPSA) is 56.7 Å². The Labute approximate surface area is 334 Å². The summed E-state index contributed by atoms with van der Waals surface area (Å²) >= 11 is 0. The minimum absolute atomic E-state index is 0.00818. The number of nitrogens with zero attached hydrogens (tertiary/aromatic N) is 4. The Morgan fingerprint density at radius 1 is 0.574 bits per heavy atom. The number of hydrogen-bond donors (Lipinski definition) is 0. The smallest absolute Gasteiger partial charge is 0.164 e. The standard InChI is InChI=1S/C49H32N4O/c1-2-3-15-32-20-13-26-42-45(32)38-23-10-11-25-41(38)53(42)37-22-12-21-35(30-37)36-28-29-39-44(31-36)54-43-27-14-24-40(46(39)43)49-51-47(33-16-6-4-7-17-33)50-48(52-49)34-18-8-5-9-19-34/h2-31H,1H2/b15-3-/i4D,5D,6D,7D,8D,9D,14D,16D,17D,18D,19D,24D,27D,28D,29D,31D. The van der Waals surface area contributed by atoms with Gasteiger partial charge in [-0.15, -0.1) is 0 Å². The van der Waals surface area contributed by atoms with Crippen LogP contribution in [-0.2, 0) is 0 Å². The molecule has 0 bridgehead atoms. The third-order valence-corrected chi connectivity index (χ3v) is 8.91. The minimum atomic E-state index is -0.772. The van der Waals surface area contributed by atoms with E-state index in [2.05, 4.69) is 26.1 Å². The Bertz CT molecular complexity index is 3870. The molecule has 0 fully saturated rings. The Morgan fingerprint density at radius 2 is 1.30 bits per heavy atom. The molecule has 0 aliphatic rings. The largest absolute Gasteiger partial charge is 0.456 e. The van der Waals surface area contributed by atoms with Crippen LogP contribution >= 0.6 is 0 Å². The molecule has 10 rings (SSSR count). The molecule has 0 saturated heterocycles. The Hall–Kier alpha value is -7.37. The molecule has 0 unspecified atom stereocenters. The highest BCUT2D eigenvalue weighted by atomic mass is 16.3. The summed E-state index contributed by atoms with van der Waals surface area (Å²) in [6, 6.07) is 9.88. The van der Waals surface area contributed by atoms with Gasteiger partial charge in [0, 0.05) is 43.9 Å². The highest BCUT2D eigenvalue weighted by Crippen LogP contribution is 2.39. The zero-order chi connectivity index (χ0) is 49.9. The maximum absolute atomic E-state index is 9.60. The van der Waals surface area contributed by atoms with Crippen molar-refractivity contribution in [3.05, 3.63) is 188 Å². The molecule has 0 spiro atoms. The SMILES string of the molecule is [2H]c1c([2H])c([2H])c(-c2nc(-c3c([2H])c([2H])c([2H])c([2H])c3[2H])nc(-c3c([2H])c([2H])c([2H])c4oc5c([2H])c(-c6cccc(-n7c8ccccc8c8c(/C=C\C=C)cccc87)c6)c([2H])c([2H])c5c34)n2)c([2H])c1[2H]. The van der Waals surface area contributed by atoms with Crippen LogP contribution in [0.3, 0.4) is 0 Å². The van der Waals surface area contributed by atoms with Gasteiger partial charge in [-0.2, -0.15) is 0 Å². The molecule has 3 heterocycles. The molecule has 0 aliphatic carbocycles. The van der Waals surface area contributed by atoms with E-state index >= 15 is 0 Å². The van der Waals surface area contributed by atoms with Crippen molar-refractivity contribution in [1.29, 1.82) is 0 Å². The fourth-order valence-corrected chi connectivity index (χ4v) is 6.63. The lowest BCUT2D eigenvalue weighted by atomic mass is 10.0. The molecule has 0 N–H and O–H groups in total. The number of aromatic nitrogens is 4. The van der Waals surface area contributed by atoms with Gasteiger partial charge in [-0.1, -0.05) is 146 Å². The molecule has 3 aromatic heterocycles.